The summed E-state index contributed by atoms with van der Waals surface area (Å²) in [6.07, 6.45) is 1.92. The van der Waals surface area contributed by atoms with E-state index in [1.54, 1.807) is 0 Å². The zero-order chi connectivity index (χ0) is 13.0. The average molecular weight is 268 g/mol. The fourth-order valence-corrected chi connectivity index (χ4v) is 2.91. The molecule has 1 aromatic rings. The van der Waals surface area contributed by atoms with Crippen LogP contribution < -0.4 is 10.6 Å². The zero-order valence-electron chi connectivity index (χ0n) is 9.94. The van der Waals surface area contributed by atoms with E-state index < -0.39 is 5.97 Å². The van der Waals surface area contributed by atoms with Crippen LogP contribution in [0.1, 0.15) is 22.6 Å². The molecular weight excluding hydrogens is 252 g/mol. The van der Waals surface area contributed by atoms with Crippen molar-refractivity contribution < 1.29 is 14.7 Å². The molecule has 1 aliphatic rings. The number of hydrogen-bond donors (Lipinski definition) is 3. The molecule has 1 atom stereocenters. The predicted molar refractivity (Wildman–Crippen MR) is 68.5 cm³/mol. The van der Waals surface area contributed by atoms with Gasteiger partial charge in [-0.2, -0.15) is 0 Å². The van der Waals surface area contributed by atoms with E-state index in [0.29, 0.717) is 6.54 Å². The number of amides is 1. The Morgan fingerprint density at radius 2 is 2.28 bits per heavy atom. The smallest absolute Gasteiger partial charge is 0.308 e. The number of carboxylic acid groups (broad SMARTS) is 1. The van der Waals surface area contributed by atoms with Crippen molar-refractivity contribution >= 4 is 23.2 Å². The Morgan fingerprint density at radius 1 is 1.50 bits per heavy atom. The lowest BCUT2D eigenvalue weighted by atomic mass is 10.1. The highest BCUT2D eigenvalue weighted by Crippen LogP contribution is 2.17. The first kappa shape index (κ1) is 13.0. The number of hydrogen-bond acceptors (Lipinski definition) is 4. The third-order valence-corrected chi connectivity index (χ3v) is 3.94. The van der Waals surface area contributed by atoms with E-state index in [4.69, 9.17) is 5.11 Å². The summed E-state index contributed by atoms with van der Waals surface area (Å²) in [6.45, 7) is 1.38. The number of carboxylic acids is 1. The third kappa shape index (κ3) is 3.54. The molecule has 18 heavy (non-hydrogen) atoms. The van der Waals surface area contributed by atoms with Crippen LogP contribution in [0.4, 0.5) is 0 Å². The van der Waals surface area contributed by atoms with E-state index in [9.17, 15) is 9.59 Å². The summed E-state index contributed by atoms with van der Waals surface area (Å²) >= 11 is 1.48. The molecule has 0 saturated carbocycles. The molecule has 1 aliphatic heterocycles. The summed E-state index contributed by atoms with van der Waals surface area (Å²) in [6, 6.07) is 3.62. The summed E-state index contributed by atoms with van der Waals surface area (Å²) in [5.41, 5.74) is 0. The van der Waals surface area contributed by atoms with E-state index >= 15 is 0 Å². The number of carbonyl (C=O) groups excluding carboxylic acids is 1. The molecule has 1 fully saturated rings. The van der Waals surface area contributed by atoms with Gasteiger partial charge in [0, 0.05) is 22.8 Å². The predicted octanol–water partition coefficient (Wildman–Crippen LogP) is 0.743. The highest BCUT2D eigenvalue weighted by Gasteiger charge is 2.21. The molecule has 1 unspecified atom stereocenters. The minimum absolute atomic E-state index is 0.0589. The van der Waals surface area contributed by atoms with Gasteiger partial charge in [-0.1, -0.05) is 0 Å². The molecule has 5 nitrogen and oxygen atoms in total. The first-order valence-electron chi connectivity index (χ1n) is 5.95. The van der Waals surface area contributed by atoms with Crippen LogP contribution in [0.2, 0.25) is 0 Å². The summed E-state index contributed by atoms with van der Waals surface area (Å²) in [7, 11) is 0. The van der Waals surface area contributed by atoms with Gasteiger partial charge in [0.15, 0.2) is 0 Å². The van der Waals surface area contributed by atoms with Crippen LogP contribution in [0.3, 0.4) is 0 Å². The lowest BCUT2D eigenvalue weighted by Crippen LogP contribution is -2.47. The van der Waals surface area contributed by atoms with E-state index in [-0.39, 0.29) is 18.4 Å². The molecule has 0 radical (unpaired) electrons. The van der Waals surface area contributed by atoms with Gasteiger partial charge in [0.1, 0.15) is 0 Å². The van der Waals surface area contributed by atoms with Gasteiger partial charge in [-0.05, 0) is 25.0 Å². The molecule has 3 N–H and O–H groups in total. The maximum atomic E-state index is 11.5. The second kappa shape index (κ2) is 5.97. The lowest BCUT2D eigenvalue weighted by Gasteiger charge is -2.22. The van der Waals surface area contributed by atoms with Crippen molar-refractivity contribution in [3.63, 3.8) is 0 Å². The topological polar surface area (TPSA) is 78.4 Å². The number of nitrogens with one attached hydrogen (secondary N) is 2. The lowest BCUT2D eigenvalue weighted by molar-refractivity contribution is -0.136. The molecule has 0 bridgehead atoms. The Hall–Kier alpha value is -1.40. The van der Waals surface area contributed by atoms with Crippen LogP contribution in [0.5, 0.6) is 0 Å². The highest BCUT2D eigenvalue weighted by molar-refractivity contribution is 7.12. The van der Waals surface area contributed by atoms with Crippen molar-refractivity contribution in [2.24, 2.45) is 0 Å². The fraction of sp³-hybridized carbons (Fsp3) is 0.500. The van der Waals surface area contributed by atoms with Crippen molar-refractivity contribution in [3.05, 3.63) is 21.9 Å². The normalized spacial score (nSPS) is 19.6. The fourth-order valence-electron chi connectivity index (χ4n) is 1.95. The van der Waals surface area contributed by atoms with Gasteiger partial charge in [-0.25, -0.2) is 0 Å². The van der Waals surface area contributed by atoms with Crippen molar-refractivity contribution in [3.8, 4) is 0 Å². The van der Waals surface area contributed by atoms with Gasteiger partial charge >= 0.3 is 5.97 Å². The number of piperidine rings is 1. The van der Waals surface area contributed by atoms with E-state index in [0.717, 1.165) is 29.1 Å². The van der Waals surface area contributed by atoms with Crippen molar-refractivity contribution in [2.45, 2.75) is 31.8 Å². The first-order valence-corrected chi connectivity index (χ1v) is 6.77. The molecule has 0 spiro atoms. The second-order valence-corrected chi connectivity index (χ2v) is 5.56. The molecule has 1 saturated heterocycles. The van der Waals surface area contributed by atoms with Gasteiger partial charge in [0.05, 0.1) is 12.5 Å². The molecule has 2 heterocycles. The van der Waals surface area contributed by atoms with E-state index in [2.05, 4.69) is 10.6 Å². The summed E-state index contributed by atoms with van der Waals surface area (Å²) < 4.78 is 0. The van der Waals surface area contributed by atoms with Crippen molar-refractivity contribution in [1.29, 1.82) is 0 Å². The van der Waals surface area contributed by atoms with Crippen LogP contribution in [0.25, 0.3) is 0 Å². The second-order valence-electron chi connectivity index (χ2n) is 4.31. The maximum Gasteiger partial charge on any atom is 0.308 e. The molecule has 98 valence electrons. The van der Waals surface area contributed by atoms with Crippen LogP contribution in [0.15, 0.2) is 12.1 Å². The summed E-state index contributed by atoms with van der Waals surface area (Å²) in [4.78, 5) is 24.0. The summed E-state index contributed by atoms with van der Waals surface area (Å²) in [5.74, 6) is -0.758. The quantitative estimate of drug-likeness (QED) is 0.736. The number of carbonyl (C=O) groups is 2. The van der Waals surface area contributed by atoms with Crippen LogP contribution in [-0.2, 0) is 22.6 Å². The van der Waals surface area contributed by atoms with Crippen molar-refractivity contribution in [2.75, 3.05) is 6.54 Å². The Kier molecular flexibility index (Phi) is 4.33. The third-order valence-electron chi connectivity index (χ3n) is 2.85. The van der Waals surface area contributed by atoms with Crippen LogP contribution in [-0.4, -0.2) is 29.6 Å². The largest absolute Gasteiger partial charge is 0.481 e. The molecule has 1 aromatic heterocycles. The van der Waals surface area contributed by atoms with Gasteiger partial charge < -0.3 is 15.7 Å². The maximum absolute atomic E-state index is 11.5. The van der Waals surface area contributed by atoms with E-state index in [1.807, 2.05) is 12.1 Å². The summed E-state index contributed by atoms with van der Waals surface area (Å²) in [5, 5.41) is 14.7. The van der Waals surface area contributed by atoms with E-state index in [1.165, 1.54) is 11.3 Å². The van der Waals surface area contributed by atoms with Crippen molar-refractivity contribution in [1.82, 2.24) is 10.6 Å². The highest BCUT2D eigenvalue weighted by atomic mass is 32.1. The van der Waals surface area contributed by atoms with Crippen LogP contribution in [0, 0.1) is 0 Å². The van der Waals surface area contributed by atoms with Gasteiger partial charge in [-0.3, -0.25) is 9.59 Å². The van der Waals surface area contributed by atoms with Gasteiger partial charge in [0.2, 0.25) is 5.91 Å². The average Bonchev–Trinajstić information content (AvgIpc) is 2.75. The molecule has 0 aliphatic carbocycles. The van der Waals surface area contributed by atoms with Gasteiger partial charge in [-0.15, -0.1) is 11.3 Å². The molecule has 1 amide bonds. The zero-order valence-corrected chi connectivity index (χ0v) is 10.8. The first-order chi connectivity index (χ1) is 8.65. The number of thiophene rings is 1. The Labute approximate surface area is 109 Å². The molecule has 6 heteroatoms. The van der Waals surface area contributed by atoms with Gasteiger partial charge in [0.25, 0.3) is 0 Å². The monoisotopic (exact) mass is 268 g/mol. The molecular formula is C12H16N2O3S. The Balaban J connectivity index is 1.84. The minimum Gasteiger partial charge on any atom is -0.481 e. The molecule has 0 aromatic carbocycles. The molecule has 2 rings (SSSR count). The number of aliphatic carboxylic acids is 1. The Morgan fingerprint density at radius 3 is 3.00 bits per heavy atom. The number of rotatable bonds is 5. The Bertz CT molecular complexity index is 444. The standard InChI is InChI=1S/C12H16N2O3S/c15-11(16)6-8-3-4-9(18-8)7-14-10-2-1-5-13-12(10)17/h3-4,10,14H,1-2,5-7H2,(H,13,17)(H,15,16). The van der Waals surface area contributed by atoms with Crippen LogP contribution >= 0.6 is 11.3 Å². The minimum atomic E-state index is -0.817. The SMILES string of the molecule is O=C(O)Cc1ccc(CNC2CCCNC2=O)s1.